The zero-order valence-electron chi connectivity index (χ0n) is 36.2. The van der Waals surface area contributed by atoms with E-state index in [1.165, 1.54) is 58.1 Å². The minimum absolute atomic E-state index is 0.0360. The van der Waals surface area contributed by atoms with Gasteiger partial charge in [-0.2, -0.15) is 0 Å². The van der Waals surface area contributed by atoms with E-state index in [9.17, 15) is 40.9 Å². The number of rotatable bonds is 7. The van der Waals surface area contributed by atoms with E-state index in [-0.39, 0.29) is 11.5 Å². The highest BCUT2D eigenvalue weighted by Crippen LogP contribution is 2.70. The number of hydrogen-bond donors (Lipinski definition) is 8. The molecular weight excluding hydrogens is 778 g/mol. The van der Waals surface area contributed by atoms with Gasteiger partial charge in [-0.1, -0.05) is 39.3 Å². The molecule has 5 heterocycles. The Morgan fingerprint density at radius 2 is 1.33 bits per heavy atom. The summed E-state index contributed by atoms with van der Waals surface area (Å²) in [5.74, 6) is 4.26. The zero-order chi connectivity index (χ0) is 42.7. The van der Waals surface area contributed by atoms with E-state index < -0.39 is 98.7 Å². The van der Waals surface area contributed by atoms with Gasteiger partial charge in [-0.25, -0.2) is 0 Å². The number of aliphatic hydroxyl groups excluding tert-OH is 8. The Hall–Kier alpha value is -0.860. The molecule has 8 N–H and O–H groups in total. The molecule has 5 saturated heterocycles. The Kier molecular flexibility index (Phi) is 12.2. The van der Waals surface area contributed by atoms with Crippen LogP contribution >= 0.6 is 0 Å². The molecule has 0 aromatic rings. The van der Waals surface area contributed by atoms with Crippen molar-refractivity contribution in [1.82, 2.24) is 4.90 Å². The third kappa shape index (κ3) is 7.11. The van der Waals surface area contributed by atoms with Gasteiger partial charge in [-0.3, -0.25) is 4.90 Å². The largest absolute Gasteiger partial charge is 0.394 e. The smallest absolute Gasteiger partial charge is 0.187 e. The molecule has 60 heavy (non-hydrogen) atoms. The standard InChI is InChI=1S/C45H73NO14/c1-19-7-10-28-20(2)31-29(46(28)17-19)16-27-25-9-8-23-15-24(11-13-44(23,5)26(25)12-14-45(27,31)6)57-43-40(60-42-37(53)35(51)33(49)22(4)56-42)38(54)39(30(18-47)58-43)59-41-36(52)34(50)32(48)21(3)55-41/h8,19-22,24-43,47-54H,7,9-18H2,1-6H3/t19?,20?,21?,22?,24?,25?,26?,27?,28?,29?,30?,31?,32?,33?,34?,35?,36?,37?,38?,39?,40?,41?,42?,43?,44-,45-/m0/s1. The molecule has 9 aliphatic rings. The molecule has 0 spiro atoms. The van der Waals surface area contributed by atoms with Crippen molar-refractivity contribution in [3.8, 4) is 0 Å². The van der Waals surface area contributed by atoms with Crippen molar-refractivity contribution < 1.29 is 69.3 Å². The molecule has 8 fully saturated rings. The predicted molar refractivity (Wildman–Crippen MR) is 214 cm³/mol. The molecule has 5 aliphatic heterocycles. The molecule has 0 radical (unpaired) electrons. The topological polar surface area (TPSA) is 220 Å². The van der Waals surface area contributed by atoms with E-state index in [1.807, 2.05) is 0 Å². The highest BCUT2D eigenvalue weighted by atomic mass is 16.8. The molecule has 15 heteroatoms. The molecule has 0 amide bonds. The highest BCUT2D eigenvalue weighted by Gasteiger charge is 2.66. The third-order valence-electron chi connectivity index (χ3n) is 18.0. The van der Waals surface area contributed by atoms with Gasteiger partial charge in [0.05, 0.1) is 24.9 Å². The summed E-state index contributed by atoms with van der Waals surface area (Å²) in [5.41, 5.74) is 1.80. The van der Waals surface area contributed by atoms with Gasteiger partial charge in [0.25, 0.3) is 0 Å². The summed E-state index contributed by atoms with van der Waals surface area (Å²) in [6.45, 7) is 13.7. The maximum atomic E-state index is 12.0. The Morgan fingerprint density at radius 3 is 1.98 bits per heavy atom. The quantitative estimate of drug-likeness (QED) is 0.169. The highest BCUT2D eigenvalue weighted by molar-refractivity contribution is 5.27. The van der Waals surface area contributed by atoms with Crippen LogP contribution in [-0.4, -0.2) is 169 Å². The van der Waals surface area contributed by atoms with Crippen molar-refractivity contribution in [2.24, 2.45) is 46.3 Å². The number of fused-ring (bicyclic) bond motifs is 9. The fourth-order valence-electron chi connectivity index (χ4n) is 14.7. The predicted octanol–water partition coefficient (Wildman–Crippen LogP) is 1.18. The Bertz CT molecular complexity index is 1570. The lowest BCUT2D eigenvalue weighted by molar-refractivity contribution is -0.388. The normalized spacial score (nSPS) is 58.1. The van der Waals surface area contributed by atoms with Crippen LogP contribution in [0.25, 0.3) is 0 Å². The number of nitrogens with zero attached hydrogens (tertiary/aromatic N) is 1. The van der Waals surface area contributed by atoms with Crippen LogP contribution in [0.15, 0.2) is 11.6 Å². The number of aliphatic hydroxyl groups is 8. The van der Waals surface area contributed by atoms with Gasteiger partial charge < -0.3 is 69.3 Å². The maximum absolute atomic E-state index is 12.0. The molecule has 0 aromatic heterocycles. The second kappa shape index (κ2) is 16.5. The molecular formula is C45H73NO14. The molecule has 4 aliphatic carbocycles. The van der Waals surface area contributed by atoms with Crippen molar-refractivity contribution in [3.63, 3.8) is 0 Å². The summed E-state index contributed by atoms with van der Waals surface area (Å²) in [6.07, 6.45) is -9.14. The first-order valence-corrected chi connectivity index (χ1v) is 23.2. The lowest BCUT2D eigenvalue weighted by Gasteiger charge is -2.58. The van der Waals surface area contributed by atoms with Gasteiger partial charge in [-0.15, -0.1) is 0 Å². The minimum Gasteiger partial charge on any atom is -0.394 e. The van der Waals surface area contributed by atoms with Crippen LogP contribution in [0.4, 0.5) is 0 Å². The van der Waals surface area contributed by atoms with Crippen LogP contribution in [0, 0.1) is 46.3 Å². The first-order chi connectivity index (χ1) is 28.5. The second-order valence-electron chi connectivity index (χ2n) is 21.2. The van der Waals surface area contributed by atoms with E-state index in [2.05, 4.69) is 38.7 Å². The SMILES string of the molecule is CC1CCC2C(C)C3C(CC4C5CC=C6CC(OC7OC(CO)C(OC8OC(C)C(O)C(O)C8O)C(O)C7OC7OC(C)C(O)C(O)C7O)CC[C@]6(C)C5CC[C@@]43C)N2C1. The van der Waals surface area contributed by atoms with Crippen LogP contribution in [-0.2, 0) is 28.4 Å². The van der Waals surface area contributed by atoms with Crippen molar-refractivity contribution in [3.05, 3.63) is 11.6 Å². The Labute approximate surface area is 354 Å². The molecule has 0 aromatic carbocycles. The Balaban J connectivity index is 0.927. The molecule has 24 unspecified atom stereocenters. The van der Waals surface area contributed by atoms with Crippen LogP contribution in [0.2, 0.25) is 0 Å². The summed E-state index contributed by atoms with van der Waals surface area (Å²) in [5, 5.41) is 85.9. The summed E-state index contributed by atoms with van der Waals surface area (Å²) in [7, 11) is 0. The van der Waals surface area contributed by atoms with E-state index in [0.29, 0.717) is 35.6 Å². The number of piperidine rings is 1. The van der Waals surface area contributed by atoms with Gasteiger partial charge in [0.15, 0.2) is 18.9 Å². The van der Waals surface area contributed by atoms with Crippen LogP contribution in [0.3, 0.4) is 0 Å². The summed E-state index contributed by atoms with van der Waals surface area (Å²) >= 11 is 0. The van der Waals surface area contributed by atoms with Gasteiger partial charge >= 0.3 is 0 Å². The van der Waals surface area contributed by atoms with E-state index >= 15 is 0 Å². The fourth-order valence-corrected chi connectivity index (χ4v) is 14.7. The van der Waals surface area contributed by atoms with Crippen molar-refractivity contribution >= 4 is 0 Å². The Morgan fingerprint density at radius 1 is 0.683 bits per heavy atom. The van der Waals surface area contributed by atoms with E-state index in [0.717, 1.165) is 43.1 Å². The van der Waals surface area contributed by atoms with Crippen LogP contribution in [0.5, 0.6) is 0 Å². The first-order valence-electron chi connectivity index (χ1n) is 23.2. The lowest BCUT2D eigenvalue weighted by Crippen LogP contribution is -2.66. The second-order valence-corrected chi connectivity index (χ2v) is 21.2. The van der Waals surface area contributed by atoms with Crippen LogP contribution < -0.4 is 0 Å². The zero-order valence-corrected chi connectivity index (χ0v) is 36.2. The molecule has 9 rings (SSSR count). The third-order valence-corrected chi connectivity index (χ3v) is 18.0. The maximum Gasteiger partial charge on any atom is 0.187 e. The average molecular weight is 852 g/mol. The van der Waals surface area contributed by atoms with Gasteiger partial charge in [-0.05, 0) is 118 Å². The molecule has 3 saturated carbocycles. The van der Waals surface area contributed by atoms with Crippen molar-refractivity contribution in [2.75, 3.05) is 13.2 Å². The van der Waals surface area contributed by atoms with Crippen molar-refractivity contribution in [1.29, 1.82) is 0 Å². The number of allylic oxidation sites excluding steroid dienone is 1. The van der Waals surface area contributed by atoms with E-state index in [1.54, 1.807) is 0 Å². The molecule has 15 nitrogen and oxygen atoms in total. The van der Waals surface area contributed by atoms with Gasteiger partial charge in [0.2, 0.25) is 0 Å². The van der Waals surface area contributed by atoms with Crippen molar-refractivity contribution in [2.45, 2.75) is 210 Å². The molecule has 342 valence electrons. The fraction of sp³-hybridized carbons (Fsp3) is 0.956. The number of ether oxygens (including phenoxy) is 6. The van der Waals surface area contributed by atoms with Gasteiger partial charge in [0.1, 0.15) is 61.0 Å². The van der Waals surface area contributed by atoms with E-state index in [4.69, 9.17) is 28.4 Å². The summed E-state index contributed by atoms with van der Waals surface area (Å²) in [6, 6.07) is 1.45. The first kappa shape index (κ1) is 44.3. The summed E-state index contributed by atoms with van der Waals surface area (Å²) < 4.78 is 36.7. The molecule has 26 atom stereocenters. The lowest BCUT2D eigenvalue weighted by atomic mass is 9.47. The minimum atomic E-state index is -1.70. The number of hydrogen-bond acceptors (Lipinski definition) is 15. The monoisotopic (exact) mass is 852 g/mol. The summed E-state index contributed by atoms with van der Waals surface area (Å²) in [4.78, 5) is 2.95. The average Bonchev–Trinajstić information content (AvgIpc) is 3.69. The van der Waals surface area contributed by atoms with Gasteiger partial charge in [0, 0.05) is 18.6 Å². The molecule has 0 bridgehead atoms. The van der Waals surface area contributed by atoms with Crippen LogP contribution in [0.1, 0.15) is 99.3 Å².